The summed E-state index contributed by atoms with van der Waals surface area (Å²) in [4.78, 5) is 26.5. The minimum absolute atomic E-state index is 0.0636. The monoisotopic (exact) mass is 579 g/mol. The molecule has 12 heteroatoms. The number of hydrogen-bond acceptors (Lipinski definition) is 8. The normalized spacial score (nSPS) is 14.4. The van der Waals surface area contributed by atoms with Crippen LogP contribution < -0.4 is 9.64 Å². The summed E-state index contributed by atoms with van der Waals surface area (Å²) < 4.78 is 46.7. The first kappa shape index (κ1) is 29.2. The Balaban J connectivity index is 1.34. The Kier molecular flexibility index (Phi) is 8.26. The van der Waals surface area contributed by atoms with Gasteiger partial charge < -0.3 is 9.64 Å². The summed E-state index contributed by atoms with van der Waals surface area (Å²) in [7, 11) is 1.16. The fourth-order valence-electron chi connectivity index (χ4n) is 5.03. The van der Waals surface area contributed by atoms with Crippen molar-refractivity contribution in [1.29, 1.82) is 0 Å². The molecule has 4 aromatic rings. The first-order valence-corrected chi connectivity index (χ1v) is 13.6. The Bertz CT molecular complexity index is 1580. The molecule has 0 amide bonds. The number of aryl methyl sites for hydroxylation is 1. The van der Waals surface area contributed by atoms with Gasteiger partial charge in [-0.25, -0.2) is 4.68 Å². The lowest BCUT2D eigenvalue weighted by atomic mass is 10.0. The zero-order valence-corrected chi connectivity index (χ0v) is 23.9. The van der Waals surface area contributed by atoms with Gasteiger partial charge in [0.1, 0.15) is 11.4 Å². The van der Waals surface area contributed by atoms with Crippen LogP contribution in [0.4, 0.5) is 18.9 Å². The van der Waals surface area contributed by atoms with E-state index in [0.29, 0.717) is 28.7 Å². The van der Waals surface area contributed by atoms with E-state index in [1.165, 1.54) is 12.3 Å². The van der Waals surface area contributed by atoms with Gasteiger partial charge in [-0.1, -0.05) is 5.21 Å². The van der Waals surface area contributed by atoms with E-state index in [1.807, 2.05) is 6.20 Å². The number of halogens is 3. The summed E-state index contributed by atoms with van der Waals surface area (Å²) in [6.07, 6.45) is 2.12. The maximum absolute atomic E-state index is 13.4. The van der Waals surface area contributed by atoms with Crippen molar-refractivity contribution in [3.8, 4) is 22.7 Å². The molecule has 42 heavy (non-hydrogen) atoms. The van der Waals surface area contributed by atoms with Crippen LogP contribution in [0.15, 0.2) is 55.1 Å². The van der Waals surface area contributed by atoms with Gasteiger partial charge in [-0.2, -0.15) is 13.2 Å². The molecule has 1 aliphatic rings. The van der Waals surface area contributed by atoms with Crippen LogP contribution in [0.3, 0.4) is 0 Å². The zero-order valence-electron chi connectivity index (χ0n) is 23.9. The highest BCUT2D eigenvalue weighted by Crippen LogP contribution is 2.37. The summed E-state index contributed by atoms with van der Waals surface area (Å²) in [5, 5.41) is 8.63. The topological polar surface area (TPSA) is 89.3 Å². The summed E-state index contributed by atoms with van der Waals surface area (Å²) >= 11 is 0. The molecule has 3 aromatic heterocycles. The molecular formula is C30H32F3N7O2. The lowest BCUT2D eigenvalue weighted by molar-refractivity contribution is -0.138. The molecule has 0 atom stereocenters. The van der Waals surface area contributed by atoms with Crippen LogP contribution in [0.2, 0.25) is 0 Å². The minimum Gasteiger partial charge on any atom is -0.496 e. The van der Waals surface area contributed by atoms with Crippen molar-refractivity contribution in [1.82, 2.24) is 29.9 Å². The second-order valence-electron chi connectivity index (χ2n) is 10.6. The zero-order chi connectivity index (χ0) is 30.0. The number of rotatable bonds is 8. The third kappa shape index (κ3) is 6.28. The molecule has 1 saturated heterocycles. The van der Waals surface area contributed by atoms with Crippen LogP contribution in [0.5, 0.6) is 5.75 Å². The Hall–Kier alpha value is -4.32. The fourth-order valence-corrected chi connectivity index (χ4v) is 5.03. The van der Waals surface area contributed by atoms with Gasteiger partial charge in [0.05, 0.1) is 42.1 Å². The number of ketones is 1. The van der Waals surface area contributed by atoms with E-state index >= 15 is 0 Å². The molecule has 1 aromatic carbocycles. The van der Waals surface area contributed by atoms with Crippen molar-refractivity contribution < 1.29 is 22.7 Å². The molecule has 0 radical (unpaired) electrons. The number of pyridine rings is 2. The van der Waals surface area contributed by atoms with E-state index < -0.39 is 17.5 Å². The number of carbonyl (C=O) groups excluding carboxylic acids is 1. The highest BCUT2D eigenvalue weighted by molar-refractivity contribution is 5.98. The van der Waals surface area contributed by atoms with Gasteiger partial charge in [-0.3, -0.25) is 19.7 Å². The van der Waals surface area contributed by atoms with Crippen LogP contribution in [-0.4, -0.2) is 75.0 Å². The van der Waals surface area contributed by atoms with Crippen LogP contribution >= 0.6 is 0 Å². The molecule has 0 bridgehead atoms. The summed E-state index contributed by atoms with van der Waals surface area (Å²) in [5.41, 5.74) is 3.21. The number of nitrogens with zero attached hydrogens (tertiary/aromatic N) is 7. The van der Waals surface area contributed by atoms with Gasteiger partial charge in [0.25, 0.3) is 0 Å². The number of aromatic nitrogens is 5. The van der Waals surface area contributed by atoms with Crippen LogP contribution in [-0.2, 0) is 12.6 Å². The average Bonchev–Trinajstić information content (AvgIpc) is 3.48. The molecule has 0 saturated carbocycles. The van der Waals surface area contributed by atoms with Crippen molar-refractivity contribution in [3.63, 3.8) is 0 Å². The van der Waals surface area contributed by atoms with E-state index in [9.17, 15) is 18.0 Å². The number of ether oxygens (including phenoxy) is 1. The second kappa shape index (κ2) is 11.9. The van der Waals surface area contributed by atoms with Gasteiger partial charge in [-0.15, -0.1) is 5.10 Å². The maximum Gasteiger partial charge on any atom is 0.419 e. The molecule has 0 N–H and O–H groups in total. The number of alkyl halides is 3. The van der Waals surface area contributed by atoms with Gasteiger partial charge >= 0.3 is 6.18 Å². The molecule has 0 unspecified atom stereocenters. The number of carbonyl (C=O) groups is 1. The lowest BCUT2D eigenvalue weighted by Gasteiger charge is -2.38. The van der Waals surface area contributed by atoms with E-state index in [-0.39, 0.29) is 17.7 Å². The van der Waals surface area contributed by atoms with Gasteiger partial charge in [0.15, 0.2) is 5.78 Å². The average molecular weight is 580 g/mol. The van der Waals surface area contributed by atoms with E-state index in [1.54, 1.807) is 30.1 Å². The highest BCUT2D eigenvalue weighted by atomic mass is 19.4. The Morgan fingerprint density at radius 3 is 2.50 bits per heavy atom. The SMILES string of the molecule is COc1ccc(C(=O)Cc2cnc(C)c(-n3cc(-c4cncc(N5CCN(C(C)C)CC5)c4)nn3)c2)cc1C(F)(F)F. The number of piperazine rings is 1. The first-order valence-electron chi connectivity index (χ1n) is 13.6. The van der Waals surface area contributed by atoms with Crippen LogP contribution in [0, 0.1) is 6.92 Å². The molecule has 1 fully saturated rings. The van der Waals surface area contributed by atoms with Crippen molar-refractivity contribution in [2.75, 3.05) is 38.2 Å². The lowest BCUT2D eigenvalue weighted by Crippen LogP contribution is -2.48. The number of anilines is 1. The van der Waals surface area contributed by atoms with E-state index in [4.69, 9.17) is 4.74 Å². The Labute approximate surface area is 242 Å². The van der Waals surface area contributed by atoms with Crippen molar-refractivity contribution in [2.45, 2.75) is 39.4 Å². The summed E-state index contributed by atoms with van der Waals surface area (Å²) in [5.74, 6) is -0.814. The predicted molar refractivity (Wildman–Crippen MR) is 152 cm³/mol. The van der Waals surface area contributed by atoms with Crippen molar-refractivity contribution in [2.24, 2.45) is 0 Å². The Morgan fingerprint density at radius 2 is 1.81 bits per heavy atom. The maximum atomic E-state index is 13.4. The smallest absolute Gasteiger partial charge is 0.419 e. The molecule has 0 spiro atoms. The standard InChI is InChI=1S/C30H32F3N7O2/c1-19(2)38-7-9-39(10-8-38)24-13-23(16-34-17-24)26-18-40(37-36-26)27-11-21(15-35-20(27)3)12-28(41)22-5-6-29(42-4)25(14-22)30(31,32)33/h5-6,11,13-19H,7-10,12H2,1-4H3. The number of methoxy groups -OCH3 is 1. The molecule has 220 valence electrons. The molecule has 1 aliphatic heterocycles. The fraction of sp³-hybridized carbons (Fsp3) is 0.367. The quantitative estimate of drug-likeness (QED) is 0.269. The number of benzene rings is 1. The molecule has 9 nitrogen and oxygen atoms in total. The van der Waals surface area contributed by atoms with E-state index in [2.05, 4.69) is 50.0 Å². The summed E-state index contributed by atoms with van der Waals surface area (Å²) in [6, 6.07) is 7.62. The van der Waals surface area contributed by atoms with Crippen molar-refractivity contribution >= 4 is 11.5 Å². The van der Waals surface area contributed by atoms with Gasteiger partial charge in [0, 0.05) is 62.2 Å². The van der Waals surface area contributed by atoms with Crippen LogP contribution in [0.25, 0.3) is 16.9 Å². The second-order valence-corrected chi connectivity index (χ2v) is 10.6. The van der Waals surface area contributed by atoms with Gasteiger partial charge in [-0.05, 0) is 56.7 Å². The van der Waals surface area contributed by atoms with Gasteiger partial charge in [0.2, 0.25) is 0 Å². The molecule has 5 rings (SSSR count). The predicted octanol–water partition coefficient (Wildman–Crippen LogP) is 5.02. The van der Waals surface area contributed by atoms with Crippen molar-refractivity contribution in [3.05, 3.63) is 77.5 Å². The third-order valence-corrected chi connectivity index (χ3v) is 7.48. The minimum atomic E-state index is -4.65. The Morgan fingerprint density at radius 1 is 1.05 bits per heavy atom. The molecule has 0 aliphatic carbocycles. The highest BCUT2D eigenvalue weighted by Gasteiger charge is 2.35. The molecular weight excluding hydrogens is 547 g/mol. The third-order valence-electron chi connectivity index (χ3n) is 7.48. The number of Topliss-reactive ketones (excluding diaryl/α,β-unsaturated/α-hetero) is 1. The van der Waals surface area contributed by atoms with Crippen LogP contribution in [0.1, 0.15) is 41.0 Å². The molecule has 4 heterocycles. The summed E-state index contributed by atoms with van der Waals surface area (Å²) in [6.45, 7) is 10.0. The van der Waals surface area contributed by atoms with E-state index in [0.717, 1.165) is 56.7 Å². The first-order chi connectivity index (χ1) is 20.0. The number of hydrogen-bond donors (Lipinski definition) is 0. The largest absolute Gasteiger partial charge is 0.496 e.